The smallest absolute Gasteiger partial charge is 0.247 e. The second kappa shape index (κ2) is 23.4. The van der Waals surface area contributed by atoms with Gasteiger partial charge in [0.15, 0.2) is 0 Å². The zero-order valence-electron chi connectivity index (χ0n) is 42.7. The van der Waals surface area contributed by atoms with Crippen LogP contribution in [0.3, 0.4) is 0 Å². The number of benzene rings is 2. The van der Waals surface area contributed by atoms with Gasteiger partial charge in [-0.05, 0) is 113 Å². The Kier molecular flexibility index (Phi) is 17.7. The summed E-state index contributed by atoms with van der Waals surface area (Å²) in [5.74, 6) is -1.69. The highest BCUT2D eigenvalue weighted by Crippen LogP contribution is 2.48. The fourth-order valence-electron chi connectivity index (χ4n) is 10.8. The predicted octanol–water partition coefficient (Wildman–Crippen LogP) is 2.61. The molecule has 10 atom stereocenters. The Hall–Kier alpha value is -5.18. The minimum Gasteiger partial charge on any atom is -0.351 e. The second-order valence-electron chi connectivity index (χ2n) is 21.3. The maximum atomic E-state index is 14.6. The molecular formula is C52H74N10O8S2. The van der Waals surface area contributed by atoms with Crippen LogP contribution < -0.4 is 42.5 Å². The van der Waals surface area contributed by atoms with Crippen molar-refractivity contribution < 1.29 is 38.4 Å². The van der Waals surface area contributed by atoms with Crippen LogP contribution in [0, 0.1) is 10.8 Å². The number of fused-ring (bicyclic) bond motifs is 2. The van der Waals surface area contributed by atoms with Crippen molar-refractivity contribution >= 4 is 70.8 Å². The molecule has 72 heavy (non-hydrogen) atoms. The number of carbonyl (C=O) groups excluding carboxylic acids is 8. The molecular weight excluding hydrogens is 957 g/mol. The maximum absolute atomic E-state index is 14.6. The van der Waals surface area contributed by atoms with E-state index in [-0.39, 0.29) is 46.5 Å². The number of nitrogens with one attached hydrogen (secondary N) is 8. The van der Waals surface area contributed by atoms with E-state index >= 15 is 0 Å². The zero-order valence-corrected chi connectivity index (χ0v) is 44.4. The number of amides is 8. The van der Waals surface area contributed by atoms with Gasteiger partial charge < -0.3 is 52.3 Å². The number of hydrogen-bond acceptors (Lipinski definition) is 12. The highest BCUT2D eigenvalue weighted by molar-refractivity contribution is 8.00. The number of rotatable bonds is 16. The Balaban J connectivity index is 1.00. The van der Waals surface area contributed by atoms with Crippen LogP contribution in [0.5, 0.6) is 0 Å². The lowest BCUT2D eigenvalue weighted by Crippen LogP contribution is -2.59. The fraction of sp³-hybridized carbons (Fsp3) is 0.615. The summed E-state index contributed by atoms with van der Waals surface area (Å²) in [6.45, 7) is 11.2. The molecule has 5 aliphatic rings. The quantitative estimate of drug-likeness (QED) is 0.121. The van der Waals surface area contributed by atoms with Gasteiger partial charge in [0.2, 0.25) is 47.3 Å². The van der Waals surface area contributed by atoms with Crippen molar-refractivity contribution in [3.8, 4) is 0 Å². The summed E-state index contributed by atoms with van der Waals surface area (Å²) in [7, 11) is 3.35. The molecule has 1 saturated carbocycles. The van der Waals surface area contributed by atoms with Crippen molar-refractivity contribution in [2.24, 2.45) is 10.8 Å². The summed E-state index contributed by atoms with van der Waals surface area (Å²) in [6.07, 6.45) is 4.11. The summed E-state index contributed by atoms with van der Waals surface area (Å²) in [6, 6.07) is 10.9. The Labute approximate surface area is 432 Å². The van der Waals surface area contributed by atoms with E-state index < -0.39 is 82.8 Å². The van der Waals surface area contributed by atoms with E-state index in [1.807, 2.05) is 39.8 Å². The molecule has 4 saturated heterocycles. The van der Waals surface area contributed by atoms with Gasteiger partial charge in [-0.15, -0.1) is 23.5 Å². The summed E-state index contributed by atoms with van der Waals surface area (Å²) in [5, 5.41) is 23.5. The lowest BCUT2D eigenvalue weighted by Gasteiger charge is -2.36. The summed E-state index contributed by atoms with van der Waals surface area (Å²) >= 11 is 3.20. The molecule has 20 heteroatoms. The average molecular weight is 1030 g/mol. The SMILES string of the molecule is CN[C@@H](C)C(=O)N[C@H]1CCS[C@H]2CC(C)(C)[C@@H](C(=O)NC(C(=O)NC3CCC(NC(=O)[C@@H](NC(=O)[C@H]4N5C(=O)[C@@H](NC(=O)[C@H](C)NC)CCS[C@H]5CC4(C)C)c4ccccc4)CC3)c3ccccc3)N2C1=O. The van der Waals surface area contributed by atoms with Gasteiger partial charge in [-0.25, -0.2) is 0 Å². The van der Waals surface area contributed by atoms with Crippen molar-refractivity contribution in [3.05, 3.63) is 71.8 Å². The second-order valence-corrected chi connectivity index (χ2v) is 23.9. The van der Waals surface area contributed by atoms with Crippen LogP contribution in [-0.2, 0) is 38.4 Å². The van der Waals surface area contributed by atoms with E-state index in [2.05, 4.69) is 42.5 Å². The Morgan fingerprint density at radius 3 is 1.21 bits per heavy atom. The molecule has 0 bridgehead atoms. The van der Waals surface area contributed by atoms with Crippen molar-refractivity contribution in [3.63, 3.8) is 0 Å². The average Bonchev–Trinajstić information content (AvgIpc) is 3.68. The van der Waals surface area contributed by atoms with Crippen LogP contribution in [0.25, 0.3) is 0 Å². The molecule has 5 fully saturated rings. The van der Waals surface area contributed by atoms with Gasteiger partial charge >= 0.3 is 0 Å². The summed E-state index contributed by atoms with van der Waals surface area (Å²) in [5.41, 5.74) is -0.120. The number of carbonyl (C=O) groups is 8. The molecule has 4 aliphatic heterocycles. The molecule has 2 aromatic carbocycles. The Morgan fingerprint density at radius 2 is 0.875 bits per heavy atom. The van der Waals surface area contributed by atoms with E-state index in [4.69, 9.17) is 0 Å². The van der Waals surface area contributed by atoms with Crippen LogP contribution >= 0.6 is 23.5 Å². The molecule has 392 valence electrons. The van der Waals surface area contributed by atoms with Crippen LogP contribution in [0.1, 0.15) is 116 Å². The molecule has 1 unspecified atom stereocenters. The number of likely N-dealkylation sites (N-methyl/N-ethyl adjacent to an activating group) is 2. The van der Waals surface area contributed by atoms with Crippen LogP contribution in [0.15, 0.2) is 60.7 Å². The van der Waals surface area contributed by atoms with Gasteiger partial charge in [-0.1, -0.05) is 88.4 Å². The van der Waals surface area contributed by atoms with Gasteiger partial charge in [0, 0.05) is 12.1 Å². The molecule has 4 heterocycles. The highest BCUT2D eigenvalue weighted by Gasteiger charge is 2.56. The predicted molar refractivity (Wildman–Crippen MR) is 278 cm³/mol. The molecule has 8 N–H and O–H groups in total. The van der Waals surface area contributed by atoms with Gasteiger partial charge in [0.1, 0.15) is 36.3 Å². The van der Waals surface area contributed by atoms with Crippen molar-refractivity contribution in [1.82, 2.24) is 52.3 Å². The van der Waals surface area contributed by atoms with E-state index in [1.54, 1.807) is 110 Å². The topological polar surface area (TPSA) is 239 Å². The Bertz CT molecular complexity index is 2160. The van der Waals surface area contributed by atoms with Crippen molar-refractivity contribution in [1.29, 1.82) is 0 Å². The van der Waals surface area contributed by atoms with Crippen LogP contribution in [-0.4, -0.2) is 142 Å². The highest BCUT2D eigenvalue weighted by atomic mass is 32.2. The molecule has 2 aromatic rings. The third-order valence-electron chi connectivity index (χ3n) is 15.2. The normalized spacial score (nSPS) is 28.3. The van der Waals surface area contributed by atoms with Crippen molar-refractivity contribution in [2.75, 3.05) is 25.6 Å². The van der Waals surface area contributed by atoms with Gasteiger partial charge in [-0.2, -0.15) is 0 Å². The largest absolute Gasteiger partial charge is 0.351 e. The van der Waals surface area contributed by atoms with Gasteiger partial charge in [0.05, 0.1) is 22.8 Å². The first-order valence-electron chi connectivity index (χ1n) is 25.4. The molecule has 7 rings (SSSR count). The minimum atomic E-state index is -1.07. The van der Waals surface area contributed by atoms with E-state index in [0.717, 1.165) is 0 Å². The zero-order chi connectivity index (χ0) is 52.1. The van der Waals surface area contributed by atoms with Crippen LogP contribution in [0.2, 0.25) is 0 Å². The molecule has 1 aliphatic carbocycles. The third kappa shape index (κ3) is 12.2. The number of thioether (sulfide) groups is 2. The molecule has 0 aromatic heterocycles. The first-order valence-corrected chi connectivity index (χ1v) is 27.5. The first-order chi connectivity index (χ1) is 34.2. The molecule has 18 nitrogen and oxygen atoms in total. The van der Waals surface area contributed by atoms with Crippen LogP contribution in [0.4, 0.5) is 0 Å². The standard InChI is InChI=1S/C52H74N10O8S2/c1-29(53-7)43(63)57-35-23-25-71-37-27-51(3,4)41(61(37)49(35)69)47(67)59-39(31-15-11-9-12-16-31)45(65)55-33-19-21-34(22-20-33)56-46(66)40(32-17-13-10-14-18-32)60-48(68)42-52(5,6)28-38-62(42)50(70)36(24-26-72-38)58-44(64)30(2)54-8/h9-18,29-30,33-42,53-54H,19-28H2,1-8H3,(H,55,65)(H,56,66)(H,57,63)(H,58,64)(H,59,67)(H,60,68)/t29-,30-,33?,34?,35-,36-,37-,38-,39-,40?,41+,42+/m0/s1. The van der Waals surface area contributed by atoms with E-state index in [9.17, 15) is 38.4 Å². The monoisotopic (exact) mass is 1030 g/mol. The fourth-order valence-corrected chi connectivity index (χ4v) is 14.0. The summed E-state index contributed by atoms with van der Waals surface area (Å²) in [4.78, 5) is 115. The maximum Gasteiger partial charge on any atom is 0.247 e. The molecule has 0 radical (unpaired) electrons. The summed E-state index contributed by atoms with van der Waals surface area (Å²) < 4.78 is 0. The Morgan fingerprint density at radius 1 is 0.528 bits per heavy atom. The van der Waals surface area contributed by atoms with Gasteiger partial charge in [-0.3, -0.25) is 38.4 Å². The first kappa shape index (κ1) is 54.6. The molecule has 0 spiro atoms. The molecule has 8 amide bonds. The third-order valence-corrected chi connectivity index (χ3v) is 17.7. The lowest BCUT2D eigenvalue weighted by atomic mass is 9.83. The van der Waals surface area contributed by atoms with Crippen molar-refractivity contribution in [2.45, 2.75) is 164 Å². The van der Waals surface area contributed by atoms with E-state index in [0.29, 0.717) is 74.0 Å². The number of nitrogens with zero attached hydrogens (tertiary/aromatic N) is 2. The number of hydrogen-bond donors (Lipinski definition) is 8. The van der Waals surface area contributed by atoms with Gasteiger partial charge in [0.25, 0.3) is 0 Å². The lowest BCUT2D eigenvalue weighted by molar-refractivity contribution is -0.144. The van der Waals surface area contributed by atoms with E-state index in [1.165, 1.54) is 0 Å². The minimum absolute atomic E-state index is 0.268.